The quantitative estimate of drug-likeness (QED) is 0.394. The number of guanidine groups is 1. The van der Waals surface area contributed by atoms with Crippen LogP contribution in [0.15, 0.2) is 47.5 Å². The molecule has 0 fully saturated rings. The zero-order valence-corrected chi connectivity index (χ0v) is 17.4. The number of ether oxygens (including phenoxy) is 1. The van der Waals surface area contributed by atoms with Crippen LogP contribution in [0.3, 0.4) is 0 Å². The average molecular weight is 440 g/mol. The van der Waals surface area contributed by atoms with E-state index < -0.39 is 17.6 Å². The first-order valence-electron chi connectivity index (χ1n) is 9.32. The Bertz CT molecular complexity index is 930. The highest BCUT2D eigenvalue weighted by Crippen LogP contribution is 2.32. The third-order valence-electron chi connectivity index (χ3n) is 4.27. The number of carbonyl (C=O) groups excluding carboxylic acids is 1. The summed E-state index contributed by atoms with van der Waals surface area (Å²) in [6.07, 6.45) is -4.66. The molecule has 0 saturated carbocycles. The third-order valence-corrected chi connectivity index (χ3v) is 4.27. The van der Waals surface area contributed by atoms with Gasteiger partial charge in [0.15, 0.2) is 12.6 Å². The molecule has 6 nitrogen and oxygen atoms in total. The number of aliphatic imine (C=N–C) groups is 1. The predicted octanol–water partition coefficient (Wildman–Crippen LogP) is 3.18. The Morgan fingerprint density at radius 3 is 2.45 bits per heavy atom. The highest BCUT2D eigenvalue weighted by Gasteiger charge is 2.33. The van der Waals surface area contributed by atoms with Gasteiger partial charge in [-0.25, -0.2) is 4.39 Å². The molecule has 2 aromatic carbocycles. The number of amides is 1. The monoisotopic (exact) mass is 440 g/mol. The van der Waals surface area contributed by atoms with E-state index in [0.717, 1.165) is 17.7 Å². The van der Waals surface area contributed by atoms with Gasteiger partial charge in [-0.05, 0) is 35.4 Å². The summed E-state index contributed by atoms with van der Waals surface area (Å²) in [5.74, 6) is -0.342. The van der Waals surface area contributed by atoms with Crippen molar-refractivity contribution in [2.75, 3.05) is 27.7 Å². The van der Waals surface area contributed by atoms with Crippen LogP contribution in [-0.2, 0) is 24.1 Å². The van der Waals surface area contributed by atoms with Crippen LogP contribution in [0, 0.1) is 5.82 Å². The summed E-state index contributed by atoms with van der Waals surface area (Å²) < 4.78 is 58.1. The van der Waals surface area contributed by atoms with Crippen molar-refractivity contribution in [3.63, 3.8) is 0 Å². The number of nitrogens with one attached hydrogen (secondary N) is 2. The molecule has 0 bridgehead atoms. The minimum atomic E-state index is -4.66. The summed E-state index contributed by atoms with van der Waals surface area (Å²) in [5.41, 5.74) is -0.319. The SMILES string of the molecule is CN=C(NCc1cccc(OCC(=O)N(C)C)c1)NCc1ccc(F)cc1C(F)(F)F. The maximum absolute atomic E-state index is 13.2. The van der Waals surface area contributed by atoms with Gasteiger partial charge in [-0.2, -0.15) is 13.2 Å². The van der Waals surface area contributed by atoms with Gasteiger partial charge in [0.2, 0.25) is 0 Å². The lowest BCUT2D eigenvalue weighted by Crippen LogP contribution is -2.36. The first-order valence-corrected chi connectivity index (χ1v) is 9.32. The van der Waals surface area contributed by atoms with E-state index in [0.29, 0.717) is 18.4 Å². The summed E-state index contributed by atoms with van der Waals surface area (Å²) in [7, 11) is 4.75. The molecule has 0 saturated heterocycles. The van der Waals surface area contributed by atoms with Gasteiger partial charge in [0.05, 0.1) is 5.56 Å². The zero-order valence-electron chi connectivity index (χ0n) is 17.4. The lowest BCUT2D eigenvalue weighted by atomic mass is 10.1. The molecule has 1 amide bonds. The van der Waals surface area contributed by atoms with Crippen LogP contribution >= 0.6 is 0 Å². The zero-order chi connectivity index (χ0) is 23.0. The molecule has 31 heavy (non-hydrogen) atoms. The van der Waals surface area contributed by atoms with E-state index >= 15 is 0 Å². The van der Waals surface area contributed by atoms with Crippen molar-refractivity contribution in [2.45, 2.75) is 19.3 Å². The van der Waals surface area contributed by atoms with E-state index in [2.05, 4.69) is 15.6 Å². The standard InChI is InChI=1S/C21H24F4N4O2/c1-26-20(28-12-15-7-8-16(22)10-18(15)21(23,24)25)27-11-14-5-4-6-17(9-14)31-13-19(30)29(2)3/h4-10H,11-13H2,1-3H3,(H2,26,27,28). The van der Waals surface area contributed by atoms with Crippen molar-refractivity contribution in [1.29, 1.82) is 0 Å². The first-order chi connectivity index (χ1) is 14.6. The molecule has 2 N–H and O–H groups in total. The predicted molar refractivity (Wildman–Crippen MR) is 109 cm³/mol. The molecule has 2 rings (SSSR count). The molecular formula is C21H24F4N4O2. The van der Waals surface area contributed by atoms with Gasteiger partial charge in [-0.1, -0.05) is 18.2 Å². The molecule has 0 aliphatic heterocycles. The van der Waals surface area contributed by atoms with E-state index in [1.807, 2.05) is 6.07 Å². The largest absolute Gasteiger partial charge is 0.484 e. The number of alkyl halides is 3. The van der Waals surface area contributed by atoms with Gasteiger partial charge < -0.3 is 20.3 Å². The molecule has 168 valence electrons. The van der Waals surface area contributed by atoms with Crippen molar-refractivity contribution in [3.05, 3.63) is 65.0 Å². The molecule has 0 unspecified atom stereocenters. The fourth-order valence-corrected chi connectivity index (χ4v) is 2.57. The smallest absolute Gasteiger partial charge is 0.416 e. The number of halogens is 4. The topological polar surface area (TPSA) is 66.0 Å². The van der Waals surface area contributed by atoms with Crippen LogP contribution < -0.4 is 15.4 Å². The molecule has 0 heterocycles. The molecule has 0 aliphatic carbocycles. The number of likely N-dealkylation sites (N-methyl/N-ethyl adjacent to an activating group) is 1. The maximum atomic E-state index is 13.2. The summed E-state index contributed by atoms with van der Waals surface area (Å²) in [5, 5.41) is 5.78. The van der Waals surface area contributed by atoms with Gasteiger partial charge in [0.1, 0.15) is 11.6 Å². The Hall–Kier alpha value is -3.30. The van der Waals surface area contributed by atoms with Crippen molar-refractivity contribution in [1.82, 2.24) is 15.5 Å². The Morgan fingerprint density at radius 1 is 1.10 bits per heavy atom. The van der Waals surface area contributed by atoms with Crippen LogP contribution in [0.2, 0.25) is 0 Å². The maximum Gasteiger partial charge on any atom is 0.416 e. The lowest BCUT2D eigenvalue weighted by molar-refractivity contribution is -0.138. The van der Waals surface area contributed by atoms with E-state index in [1.54, 1.807) is 32.3 Å². The van der Waals surface area contributed by atoms with Crippen molar-refractivity contribution in [2.24, 2.45) is 4.99 Å². The van der Waals surface area contributed by atoms with Crippen LogP contribution in [0.25, 0.3) is 0 Å². The minimum Gasteiger partial charge on any atom is -0.484 e. The molecular weight excluding hydrogens is 416 g/mol. The summed E-state index contributed by atoms with van der Waals surface area (Å²) >= 11 is 0. The van der Waals surface area contributed by atoms with Gasteiger partial charge in [-0.3, -0.25) is 9.79 Å². The summed E-state index contributed by atoms with van der Waals surface area (Å²) in [4.78, 5) is 17.0. The van der Waals surface area contributed by atoms with Gasteiger partial charge >= 0.3 is 6.18 Å². The Morgan fingerprint density at radius 2 is 1.81 bits per heavy atom. The summed E-state index contributed by atoms with van der Waals surface area (Å²) in [6, 6.07) is 9.58. The third kappa shape index (κ3) is 7.47. The van der Waals surface area contributed by atoms with Crippen LogP contribution in [0.1, 0.15) is 16.7 Å². The van der Waals surface area contributed by atoms with Crippen molar-refractivity contribution < 1.29 is 27.1 Å². The second-order valence-corrected chi connectivity index (χ2v) is 6.80. The van der Waals surface area contributed by atoms with E-state index in [9.17, 15) is 22.4 Å². The number of hydrogen-bond acceptors (Lipinski definition) is 3. The molecule has 0 atom stereocenters. The highest BCUT2D eigenvalue weighted by molar-refractivity contribution is 5.79. The Kier molecular flexibility index (Phi) is 8.23. The van der Waals surface area contributed by atoms with Gasteiger partial charge in [0.25, 0.3) is 5.91 Å². The van der Waals surface area contributed by atoms with Crippen LogP contribution in [-0.4, -0.2) is 44.5 Å². The van der Waals surface area contributed by atoms with Gasteiger partial charge in [-0.15, -0.1) is 0 Å². The Labute approximate surface area is 177 Å². The number of benzene rings is 2. The van der Waals surface area contributed by atoms with E-state index in [-0.39, 0.29) is 30.6 Å². The molecule has 10 heteroatoms. The lowest BCUT2D eigenvalue weighted by Gasteiger charge is -2.16. The molecule has 0 spiro atoms. The normalized spacial score (nSPS) is 11.8. The second-order valence-electron chi connectivity index (χ2n) is 6.80. The number of rotatable bonds is 7. The van der Waals surface area contributed by atoms with Crippen LogP contribution in [0.4, 0.5) is 17.6 Å². The van der Waals surface area contributed by atoms with Crippen molar-refractivity contribution >= 4 is 11.9 Å². The fourth-order valence-electron chi connectivity index (χ4n) is 2.57. The second kappa shape index (κ2) is 10.6. The molecule has 0 aliphatic rings. The highest BCUT2D eigenvalue weighted by atomic mass is 19.4. The number of nitrogens with zero attached hydrogens (tertiary/aromatic N) is 2. The minimum absolute atomic E-state index is 0.0910. The average Bonchev–Trinajstić information content (AvgIpc) is 2.72. The number of hydrogen-bond donors (Lipinski definition) is 2. The number of carbonyl (C=O) groups is 1. The fraction of sp³-hybridized carbons (Fsp3) is 0.333. The summed E-state index contributed by atoms with van der Waals surface area (Å²) in [6.45, 7) is 0.0327. The van der Waals surface area contributed by atoms with E-state index in [1.165, 1.54) is 11.9 Å². The molecule has 2 aromatic rings. The van der Waals surface area contributed by atoms with Crippen molar-refractivity contribution in [3.8, 4) is 5.75 Å². The molecule has 0 aromatic heterocycles. The molecule has 0 radical (unpaired) electrons. The van der Waals surface area contributed by atoms with E-state index in [4.69, 9.17) is 4.74 Å². The first kappa shape index (κ1) is 24.0. The Balaban J connectivity index is 1.95. The van der Waals surface area contributed by atoms with Gasteiger partial charge in [0, 0.05) is 34.2 Å². The van der Waals surface area contributed by atoms with Crippen LogP contribution in [0.5, 0.6) is 5.75 Å².